The van der Waals surface area contributed by atoms with E-state index in [0.717, 1.165) is 41.4 Å². The van der Waals surface area contributed by atoms with Gasteiger partial charge in [-0.2, -0.15) is 5.10 Å². The number of hydrogen-bond donors (Lipinski definition) is 0. The van der Waals surface area contributed by atoms with E-state index in [9.17, 15) is 0 Å². The van der Waals surface area contributed by atoms with Crippen molar-refractivity contribution in [3.05, 3.63) is 36.2 Å². The van der Waals surface area contributed by atoms with Crippen LogP contribution in [0.5, 0.6) is 5.75 Å². The van der Waals surface area contributed by atoms with Gasteiger partial charge < -0.3 is 9.30 Å². The molecule has 0 N–H and O–H groups in total. The van der Waals surface area contributed by atoms with Gasteiger partial charge in [0.2, 0.25) is 0 Å². The third-order valence-corrected chi connectivity index (χ3v) is 3.61. The van der Waals surface area contributed by atoms with Gasteiger partial charge in [-0.3, -0.25) is 4.68 Å². The molecule has 110 valence electrons. The van der Waals surface area contributed by atoms with Gasteiger partial charge in [0.05, 0.1) is 18.5 Å². The Morgan fingerprint density at radius 2 is 2.19 bits per heavy atom. The molecule has 0 amide bonds. The van der Waals surface area contributed by atoms with Crippen LogP contribution in [0.1, 0.15) is 11.6 Å². The molecule has 0 bridgehead atoms. The summed E-state index contributed by atoms with van der Waals surface area (Å²) in [7, 11) is 3.50. The largest absolute Gasteiger partial charge is 0.494 e. The third-order valence-electron chi connectivity index (χ3n) is 3.37. The maximum Gasteiger partial charge on any atom is 0.152 e. The minimum absolute atomic E-state index is 0.355. The van der Waals surface area contributed by atoms with Crippen LogP contribution < -0.4 is 4.74 Å². The summed E-state index contributed by atoms with van der Waals surface area (Å²) in [6.45, 7) is 0.732. The molecule has 0 aliphatic heterocycles. The Labute approximate surface area is 127 Å². The number of aryl methyl sites for hydroxylation is 3. The van der Waals surface area contributed by atoms with Crippen molar-refractivity contribution in [2.24, 2.45) is 7.05 Å². The van der Waals surface area contributed by atoms with Crippen molar-refractivity contribution in [2.75, 3.05) is 7.11 Å². The average molecular weight is 306 g/mol. The first-order chi connectivity index (χ1) is 10.2. The topological polar surface area (TPSA) is 57.8 Å². The molecule has 6 nitrogen and oxygen atoms in total. The van der Waals surface area contributed by atoms with Crippen LogP contribution in [-0.2, 0) is 25.9 Å². The number of imidazole rings is 1. The van der Waals surface area contributed by atoms with Gasteiger partial charge in [-0.25, -0.2) is 9.97 Å². The molecule has 0 fully saturated rings. The number of benzene rings is 1. The summed E-state index contributed by atoms with van der Waals surface area (Å²) in [6, 6.07) is 5.88. The first-order valence-corrected chi connectivity index (χ1v) is 7.19. The minimum atomic E-state index is 0.355. The van der Waals surface area contributed by atoms with Crippen LogP contribution in [0.25, 0.3) is 11.0 Å². The maximum atomic E-state index is 6.03. The Morgan fingerprint density at radius 3 is 2.86 bits per heavy atom. The zero-order valence-electron chi connectivity index (χ0n) is 12.0. The lowest BCUT2D eigenvalue weighted by Gasteiger charge is -2.06. The standard InChI is InChI=1S/C14H16ClN5O/c1-19-9-16-12(18-19)6-7-20-10-4-3-5-11(21-2)14(10)17-13(20)8-15/h3-5,9H,6-8H2,1-2H3. The highest BCUT2D eigenvalue weighted by Gasteiger charge is 2.13. The first kappa shape index (κ1) is 13.9. The predicted molar refractivity (Wildman–Crippen MR) is 80.5 cm³/mol. The second-order valence-electron chi connectivity index (χ2n) is 4.73. The number of alkyl halides is 1. The van der Waals surface area contributed by atoms with Crippen LogP contribution >= 0.6 is 11.6 Å². The molecule has 0 radical (unpaired) electrons. The Balaban J connectivity index is 1.96. The Kier molecular flexibility index (Phi) is 3.79. The van der Waals surface area contributed by atoms with Crippen molar-refractivity contribution < 1.29 is 4.74 Å². The summed E-state index contributed by atoms with van der Waals surface area (Å²) in [5.74, 6) is 2.75. The highest BCUT2D eigenvalue weighted by Crippen LogP contribution is 2.26. The first-order valence-electron chi connectivity index (χ1n) is 6.65. The second-order valence-corrected chi connectivity index (χ2v) is 4.99. The zero-order chi connectivity index (χ0) is 14.8. The molecule has 0 aliphatic rings. The van der Waals surface area contributed by atoms with Gasteiger partial charge >= 0.3 is 0 Å². The summed E-state index contributed by atoms with van der Waals surface area (Å²) in [6.07, 6.45) is 2.43. The number of halogens is 1. The molecule has 0 unspecified atom stereocenters. The summed E-state index contributed by atoms with van der Waals surface area (Å²) in [5.41, 5.74) is 1.85. The molecule has 0 saturated heterocycles. The van der Waals surface area contributed by atoms with Gasteiger partial charge in [-0.1, -0.05) is 6.07 Å². The lowest BCUT2D eigenvalue weighted by Crippen LogP contribution is -2.06. The third kappa shape index (κ3) is 2.58. The van der Waals surface area contributed by atoms with E-state index < -0.39 is 0 Å². The number of methoxy groups -OCH3 is 1. The minimum Gasteiger partial charge on any atom is -0.494 e. The smallest absolute Gasteiger partial charge is 0.152 e. The van der Waals surface area contributed by atoms with Crippen molar-refractivity contribution in [3.8, 4) is 5.75 Å². The van der Waals surface area contributed by atoms with Crippen LogP contribution in [-0.4, -0.2) is 31.4 Å². The van der Waals surface area contributed by atoms with Crippen LogP contribution in [0.3, 0.4) is 0 Å². The number of fused-ring (bicyclic) bond motifs is 1. The molecule has 0 spiro atoms. The number of nitrogens with zero attached hydrogens (tertiary/aromatic N) is 5. The molecule has 7 heteroatoms. The molecule has 1 aromatic carbocycles. The highest BCUT2D eigenvalue weighted by molar-refractivity contribution is 6.16. The van der Waals surface area contributed by atoms with E-state index in [2.05, 4.69) is 19.6 Å². The monoisotopic (exact) mass is 305 g/mol. The lowest BCUT2D eigenvalue weighted by atomic mass is 10.3. The summed E-state index contributed by atoms with van der Waals surface area (Å²) < 4.78 is 9.16. The summed E-state index contributed by atoms with van der Waals surface area (Å²) in [5, 5.41) is 4.29. The number of aromatic nitrogens is 5. The normalized spacial score (nSPS) is 11.2. The van der Waals surface area contributed by atoms with Gasteiger partial charge in [-0.05, 0) is 12.1 Å². The van der Waals surface area contributed by atoms with E-state index in [1.54, 1.807) is 18.1 Å². The second kappa shape index (κ2) is 5.73. The van der Waals surface area contributed by atoms with E-state index in [1.165, 1.54) is 0 Å². The molecule has 21 heavy (non-hydrogen) atoms. The Bertz CT molecular complexity index is 764. The molecule has 2 aromatic heterocycles. The van der Waals surface area contributed by atoms with Crippen molar-refractivity contribution in [2.45, 2.75) is 18.8 Å². The van der Waals surface area contributed by atoms with E-state index in [0.29, 0.717) is 5.88 Å². The molecule has 3 rings (SSSR count). The SMILES string of the molecule is COc1cccc2c1nc(CCl)n2CCc1ncn(C)n1. The van der Waals surface area contributed by atoms with Gasteiger partial charge in [0.25, 0.3) is 0 Å². The fourth-order valence-electron chi connectivity index (χ4n) is 2.40. The van der Waals surface area contributed by atoms with Crippen molar-refractivity contribution >= 4 is 22.6 Å². The average Bonchev–Trinajstić information content (AvgIpc) is 3.07. The number of hydrogen-bond acceptors (Lipinski definition) is 4. The van der Waals surface area contributed by atoms with Gasteiger partial charge in [0.1, 0.15) is 23.4 Å². The van der Waals surface area contributed by atoms with Gasteiger partial charge in [0, 0.05) is 20.0 Å². The number of para-hydroxylation sites is 1. The zero-order valence-corrected chi connectivity index (χ0v) is 12.7. The van der Waals surface area contributed by atoms with Crippen LogP contribution in [0.4, 0.5) is 0 Å². The van der Waals surface area contributed by atoms with E-state index in [4.69, 9.17) is 16.3 Å². The van der Waals surface area contributed by atoms with E-state index in [1.807, 2.05) is 25.2 Å². The van der Waals surface area contributed by atoms with Crippen LogP contribution in [0.15, 0.2) is 24.5 Å². The fraction of sp³-hybridized carbons (Fsp3) is 0.357. The van der Waals surface area contributed by atoms with Crippen LogP contribution in [0, 0.1) is 0 Å². The molecule has 0 atom stereocenters. The molecule has 3 aromatic rings. The van der Waals surface area contributed by atoms with Gasteiger partial charge in [-0.15, -0.1) is 11.6 Å². The van der Waals surface area contributed by atoms with Crippen LogP contribution in [0.2, 0.25) is 0 Å². The highest BCUT2D eigenvalue weighted by atomic mass is 35.5. The van der Waals surface area contributed by atoms with Crippen molar-refractivity contribution in [1.29, 1.82) is 0 Å². The van der Waals surface area contributed by atoms with Crippen molar-refractivity contribution in [1.82, 2.24) is 24.3 Å². The Hall–Kier alpha value is -2.08. The molecule has 2 heterocycles. The quantitative estimate of drug-likeness (QED) is 0.678. The molecular weight excluding hydrogens is 290 g/mol. The number of rotatable bonds is 5. The number of ether oxygens (including phenoxy) is 1. The Morgan fingerprint density at radius 1 is 1.33 bits per heavy atom. The predicted octanol–water partition coefficient (Wildman–Crippen LogP) is 2.15. The maximum absolute atomic E-state index is 6.03. The summed E-state index contributed by atoms with van der Waals surface area (Å²) in [4.78, 5) is 8.82. The molecule has 0 saturated carbocycles. The summed E-state index contributed by atoms with van der Waals surface area (Å²) >= 11 is 6.03. The lowest BCUT2D eigenvalue weighted by molar-refractivity contribution is 0.419. The fourth-order valence-corrected chi connectivity index (χ4v) is 2.60. The molecule has 0 aliphatic carbocycles. The van der Waals surface area contributed by atoms with E-state index in [-0.39, 0.29) is 0 Å². The van der Waals surface area contributed by atoms with E-state index >= 15 is 0 Å². The van der Waals surface area contributed by atoms with Crippen molar-refractivity contribution in [3.63, 3.8) is 0 Å². The molecular formula is C14H16ClN5O. The van der Waals surface area contributed by atoms with Gasteiger partial charge in [0.15, 0.2) is 5.82 Å².